The number of hydrogen-bond donors (Lipinski definition) is 1. The minimum atomic E-state index is 0.0121. The minimum absolute atomic E-state index is 0.0121. The van der Waals surface area contributed by atoms with Gasteiger partial charge in [-0.05, 0) is 29.6 Å². The van der Waals surface area contributed by atoms with Crippen LogP contribution in [0.15, 0.2) is 54.2 Å². The average molecular weight is 293 g/mol. The number of rotatable bonds is 4. The number of aryl methyl sites for hydroxylation is 1. The quantitative estimate of drug-likeness (QED) is 0.744. The molecule has 0 saturated carbocycles. The van der Waals surface area contributed by atoms with Gasteiger partial charge >= 0.3 is 0 Å². The third-order valence-corrected chi connectivity index (χ3v) is 4.22. The van der Waals surface area contributed by atoms with Crippen molar-refractivity contribution in [1.29, 1.82) is 0 Å². The molecule has 1 unspecified atom stereocenters. The number of imidazole rings is 1. The molecule has 1 N–H and O–H groups in total. The molecule has 0 amide bonds. The van der Waals surface area contributed by atoms with Gasteiger partial charge in [0.25, 0.3) is 0 Å². The molecule has 2 heterocycles. The minimum Gasteiger partial charge on any atom is -0.371 e. The van der Waals surface area contributed by atoms with Crippen molar-refractivity contribution in [2.75, 3.05) is 5.32 Å². The summed E-state index contributed by atoms with van der Waals surface area (Å²) in [6, 6.07) is 12.1. The van der Waals surface area contributed by atoms with Crippen LogP contribution in [0.25, 0.3) is 0 Å². The van der Waals surface area contributed by atoms with Gasteiger partial charge in [0.1, 0.15) is 11.9 Å². The summed E-state index contributed by atoms with van der Waals surface area (Å²) in [7, 11) is 2.00. The Morgan fingerprint density at radius 2 is 2.24 bits per heavy atom. The van der Waals surface area contributed by atoms with Crippen LogP contribution in [0.3, 0.4) is 0 Å². The maximum atomic E-state index is 5.47. The Bertz CT molecular complexity index is 765. The molecule has 0 aliphatic heterocycles. The number of nitrogens with zero attached hydrogens (tertiary/aromatic N) is 2. The number of terminal acetylenes is 1. The predicted octanol–water partition coefficient (Wildman–Crippen LogP) is 3.66. The lowest BCUT2D eigenvalue weighted by molar-refractivity contribution is 0.756. The maximum Gasteiger partial charge on any atom is 0.136 e. The van der Waals surface area contributed by atoms with Gasteiger partial charge in [0.2, 0.25) is 0 Å². The van der Waals surface area contributed by atoms with Crippen molar-refractivity contribution >= 4 is 17.0 Å². The molecule has 0 fully saturated rings. The molecule has 4 heteroatoms. The Balaban J connectivity index is 1.97. The second-order valence-electron chi connectivity index (χ2n) is 4.71. The van der Waals surface area contributed by atoms with Gasteiger partial charge in [-0.3, -0.25) is 0 Å². The number of anilines is 1. The highest BCUT2D eigenvalue weighted by Gasteiger charge is 2.19. The van der Waals surface area contributed by atoms with Crippen LogP contribution in [0.1, 0.15) is 22.3 Å². The molecule has 0 saturated heterocycles. The van der Waals surface area contributed by atoms with Crippen LogP contribution in [0.2, 0.25) is 0 Å². The standard InChI is InChI=1S/C17H15N3S/c1-3-13-6-4-7-14(12-13)19-16(15-8-5-11-21-15)17-18-9-10-20(17)2/h1,4-12,16,19H,2H3. The molecule has 1 atom stereocenters. The molecule has 3 nitrogen and oxygen atoms in total. The largest absolute Gasteiger partial charge is 0.371 e. The van der Waals surface area contributed by atoms with Gasteiger partial charge in [-0.25, -0.2) is 4.98 Å². The Morgan fingerprint density at radius 3 is 2.90 bits per heavy atom. The summed E-state index contributed by atoms with van der Waals surface area (Å²) >= 11 is 1.71. The van der Waals surface area contributed by atoms with Crippen LogP contribution in [-0.2, 0) is 7.05 Å². The summed E-state index contributed by atoms with van der Waals surface area (Å²) in [5, 5.41) is 5.61. The van der Waals surface area contributed by atoms with Crippen LogP contribution in [-0.4, -0.2) is 9.55 Å². The molecular formula is C17H15N3S. The number of hydrogen-bond acceptors (Lipinski definition) is 3. The fourth-order valence-corrected chi connectivity index (χ4v) is 3.01. The molecule has 0 aliphatic rings. The molecule has 104 valence electrons. The van der Waals surface area contributed by atoms with Gasteiger partial charge < -0.3 is 9.88 Å². The van der Waals surface area contributed by atoms with Crippen molar-refractivity contribution in [1.82, 2.24) is 9.55 Å². The number of benzene rings is 1. The number of aromatic nitrogens is 2. The second kappa shape index (κ2) is 5.86. The lowest BCUT2D eigenvalue weighted by atomic mass is 10.1. The van der Waals surface area contributed by atoms with Gasteiger partial charge in [-0.15, -0.1) is 17.8 Å². The van der Waals surface area contributed by atoms with E-state index in [-0.39, 0.29) is 6.04 Å². The molecule has 0 bridgehead atoms. The lowest BCUT2D eigenvalue weighted by Gasteiger charge is -2.18. The molecule has 3 aromatic rings. The summed E-state index contributed by atoms with van der Waals surface area (Å²) in [5.41, 5.74) is 1.86. The highest BCUT2D eigenvalue weighted by atomic mass is 32.1. The zero-order valence-corrected chi connectivity index (χ0v) is 12.5. The third kappa shape index (κ3) is 2.83. The molecule has 0 spiro atoms. The van der Waals surface area contributed by atoms with Crippen LogP contribution < -0.4 is 5.32 Å². The van der Waals surface area contributed by atoms with E-state index in [2.05, 4.69) is 33.7 Å². The van der Waals surface area contributed by atoms with E-state index >= 15 is 0 Å². The highest BCUT2D eigenvalue weighted by molar-refractivity contribution is 7.10. The molecule has 1 aromatic carbocycles. The van der Waals surface area contributed by atoms with E-state index in [1.807, 2.05) is 48.3 Å². The van der Waals surface area contributed by atoms with Crippen molar-refractivity contribution in [3.63, 3.8) is 0 Å². The van der Waals surface area contributed by atoms with Gasteiger partial charge in [0.05, 0.1) is 0 Å². The van der Waals surface area contributed by atoms with Gasteiger partial charge in [0, 0.05) is 35.6 Å². The van der Waals surface area contributed by atoms with Crippen molar-refractivity contribution in [2.45, 2.75) is 6.04 Å². The van der Waals surface area contributed by atoms with E-state index in [0.717, 1.165) is 17.1 Å². The van der Waals surface area contributed by atoms with Crippen molar-refractivity contribution in [2.24, 2.45) is 7.05 Å². The van der Waals surface area contributed by atoms with E-state index in [1.165, 1.54) is 4.88 Å². The van der Waals surface area contributed by atoms with E-state index in [9.17, 15) is 0 Å². The summed E-state index contributed by atoms with van der Waals surface area (Å²) in [4.78, 5) is 5.70. The zero-order chi connectivity index (χ0) is 14.7. The monoisotopic (exact) mass is 293 g/mol. The van der Waals surface area contributed by atoms with E-state index in [4.69, 9.17) is 6.42 Å². The summed E-state index contributed by atoms with van der Waals surface area (Å²) in [6.45, 7) is 0. The molecule has 0 aliphatic carbocycles. The summed E-state index contributed by atoms with van der Waals surface area (Å²) in [5.74, 6) is 3.64. The van der Waals surface area contributed by atoms with Crippen molar-refractivity contribution in [3.8, 4) is 12.3 Å². The van der Waals surface area contributed by atoms with Crippen LogP contribution in [0.5, 0.6) is 0 Å². The van der Waals surface area contributed by atoms with Crippen LogP contribution >= 0.6 is 11.3 Å². The Morgan fingerprint density at radius 1 is 1.33 bits per heavy atom. The lowest BCUT2D eigenvalue weighted by Crippen LogP contribution is -2.15. The first-order valence-electron chi connectivity index (χ1n) is 6.62. The molecule has 0 radical (unpaired) electrons. The normalized spacial score (nSPS) is 11.8. The first-order valence-corrected chi connectivity index (χ1v) is 7.50. The molecule has 2 aromatic heterocycles. The summed E-state index contributed by atoms with van der Waals surface area (Å²) < 4.78 is 2.03. The Labute approximate surface area is 128 Å². The fraction of sp³-hybridized carbons (Fsp3) is 0.118. The summed E-state index contributed by atoms with van der Waals surface area (Å²) in [6.07, 6.45) is 9.24. The smallest absolute Gasteiger partial charge is 0.136 e. The van der Waals surface area contributed by atoms with Crippen LogP contribution in [0.4, 0.5) is 5.69 Å². The average Bonchev–Trinajstić information content (AvgIpc) is 3.17. The molecule has 3 rings (SSSR count). The van der Waals surface area contributed by atoms with Gasteiger partial charge in [0.15, 0.2) is 0 Å². The zero-order valence-electron chi connectivity index (χ0n) is 11.7. The van der Waals surface area contributed by atoms with Gasteiger partial charge in [-0.1, -0.05) is 18.1 Å². The highest BCUT2D eigenvalue weighted by Crippen LogP contribution is 2.28. The van der Waals surface area contributed by atoms with Gasteiger partial charge in [-0.2, -0.15) is 0 Å². The first kappa shape index (κ1) is 13.5. The van der Waals surface area contributed by atoms with Crippen molar-refractivity contribution in [3.05, 3.63) is 70.4 Å². The number of nitrogens with one attached hydrogen (secondary N) is 1. The van der Waals surface area contributed by atoms with E-state index in [0.29, 0.717) is 0 Å². The number of thiophene rings is 1. The van der Waals surface area contributed by atoms with Crippen molar-refractivity contribution < 1.29 is 0 Å². The Kier molecular flexibility index (Phi) is 3.76. The first-order chi connectivity index (χ1) is 10.3. The fourth-order valence-electron chi connectivity index (χ4n) is 2.24. The van der Waals surface area contributed by atoms with Crippen LogP contribution in [0, 0.1) is 12.3 Å². The molecule has 21 heavy (non-hydrogen) atoms. The SMILES string of the molecule is C#Cc1cccc(NC(c2cccs2)c2nccn2C)c1. The third-order valence-electron chi connectivity index (χ3n) is 3.28. The van der Waals surface area contributed by atoms with E-state index < -0.39 is 0 Å². The van der Waals surface area contributed by atoms with E-state index in [1.54, 1.807) is 11.3 Å². The maximum absolute atomic E-state index is 5.47. The topological polar surface area (TPSA) is 29.9 Å². The second-order valence-corrected chi connectivity index (χ2v) is 5.69. The Hall–Kier alpha value is -2.51. The molecular weight excluding hydrogens is 278 g/mol. The predicted molar refractivity (Wildman–Crippen MR) is 87.4 cm³/mol.